The molecule has 18 heteroatoms. The van der Waals surface area contributed by atoms with Crippen molar-refractivity contribution >= 4 is 51.3 Å². The van der Waals surface area contributed by atoms with E-state index in [1.54, 1.807) is 44.2 Å². The summed E-state index contributed by atoms with van der Waals surface area (Å²) < 4.78 is 43.8. The Labute approximate surface area is 272 Å². The summed E-state index contributed by atoms with van der Waals surface area (Å²) in [5, 5.41) is 1.00. The summed E-state index contributed by atoms with van der Waals surface area (Å²) in [6, 6.07) is 4.28. The lowest BCUT2D eigenvalue weighted by Crippen LogP contribution is -2.71. The van der Waals surface area contributed by atoms with Crippen LogP contribution in [0.3, 0.4) is 0 Å². The third kappa shape index (κ3) is 5.12. The maximum atomic E-state index is 13.3. The quantitative estimate of drug-likeness (QED) is 0.254. The van der Waals surface area contributed by atoms with Crippen LogP contribution in [-0.2, 0) is 56.5 Å². The van der Waals surface area contributed by atoms with E-state index in [0.717, 1.165) is 4.90 Å². The van der Waals surface area contributed by atoms with Gasteiger partial charge in [0.05, 0.1) is 11.2 Å². The minimum absolute atomic E-state index is 0.223. The zero-order valence-corrected chi connectivity index (χ0v) is 27.3. The molecule has 4 aliphatic heterocycles. The number of amides is 3. The third-order valence-corrected chi connectivity index (χ3v) is 13.4. The first-order chi connectivity index (χ1) is 22.0. The Bertz CT molecular complexity index is 1840. The zero-order valence-electron chi connectivity index (χ0n) is 25.7. The van der Waals surface area contributed by atoms with Gasteiger partial charge in [-0.05, 0) is 33.3 Å². The van der Waals surface area contributed by atoms with E-state index < -0.39 is 103 Å². The molecule has 0 aliphatic carbocycles. The van der Waals surface area contributed by atoms with Crippen molar-refractivity contribution in [3.63, 3.8) is 0 Å². The molecule has 2 aromatic rings. The number of thioether (sulfide) groups is 1. The summed E-state index contributed by atoms with van der Waals surface area (Å²) in [6.07, 6.45) is -0.223. The number of fused-ring (bicyclic) bond motifs is 2. The molecule has 4 saturated heterocycles. The van der Waals surface area contributed by atoms with Crippen molar-refractivity contribution < 1.29 is 50.7 Å². The number of nitrogens with one attached hydrogen (secondary N) is 1. The average Bonchev–Trinajstić information content (AvgIpc) is 3.54. The van der Waals surface area contributed by atoms with E-state index in [4.69, 9.17) is 24.0 Å². The van der Waals surface area contributed by atoms with Crippen LogP contribution < -0.4 is 16.9 Å². The predicted octanol–water partition coefficient (Wildman–Crippen LogP) is -0.300. The topological polar surface area (TPSA) is 226 Å². The summed E-state index contributed by atoms with van der Waals surface area (Å²) in [7, 11) is -3.85. The van der Waals surface area contributed by atoms with Crippen molar-refractivity contribution in [2.24, 2.45) is 5.73 Å². The van der Waals surface area contributed by atoms with Crippen LogP contribution in [0.4, 0.5) is 0 Å². The number of benzene rings is 1. The number of sulfone groups is 1. The van der Waals surface area contributed by atoms with Crippen LogP contribution in [0.15, 0.2) is 44.0 Å². The highest BCUT2D eigenvalue weighted by Gasteiger charge is 2.68. The Hall–Kier alpha value is -4.16. The lowest BCUT2D eigenvalue weighted by Gasteiger charge is -2.44. The molecular formula is C29H32N4O12S2. The van der Waals surface area contributed by atoms with Crippen molar-refractivity contribution in [1.82, 2.24) is 15.1 Å². The fourth-order valence-electron chi connectivity index (χ4n) is 6.38. The number of nitrogens with zero attached hydrogens (tertiary/aromatic N) is 2. The number of ether oxygens (including phenoxy) is 2. The van der Waals surface area contributed by atoms with Crippen LogP contribution in [0.1, 0.15) is 57.2 Å². The first-order valence-corrected chi connectivity index (χ1v) is 17.0. The molecule has 3 N–H and O–H groups in total. The van der Waals surface area contributed by atoms with Crippen LogP contribution in [0.25, 0.3) is 0 Å². The number of nitrogens with two attached hydrogens (primary N) is 1. The molecule has 0 saturated carbocycles. The summed E-state index contributed by atoms with van der Waals surface area (Å²) >= 11 is 1.30. The van der Waals surface area contributed by atoms with Crippen molar-refractivity contribution in [2.45, 2.75) is 91.7 Å². The highest BCUT2D eigenvalue weighted by molar-refractivity contribution is 8.01. The molecule has 0 bridgehead atoms. The molecule has 4 fully saturated rings. The van der Waals surface area contributed by atoms with Gasteiger partial charge < -0.3 is 39.2 Å². The molecule has 16 nitrogen and oxygen atoms in total. The van der Waals surface area contributed by atoms with Gasteiger partial charge >= 0.3 is 17.8 Å². The fraction of sp³-hybridized carbons (Fsp3) is 0.517. The van der Waals surface area contributed by atoms with E-state index in [-0.39, 0.29) is 17.9 Å². The molecular weight excluding hydrogens is 660 g/mol. The van der Waals surface area contributed by atoms with Crippen molar-refractivity contribution in [3.8, 4) is 0 Å². The van der Waals surface area contributed by atoms with E-state index in [0.29, 0.717) is 5.56 Å². The summed E-state index contributed by atoms with van der Waals surface area (Å²) in [5.41, 5.74) is 6.65. The number of carbonyl (C=O) groups excluding carboxylic acids is 5. The first kappa shape index (κ1) is 32.8. The second kappa shape index (κ2) is 11.2. The zero-order chi connectivity index (χ0) is 34.2. The van der Waals surface area contributed by atoms with Gasteiger partial charge in [-0.1, -0.05) is 30.3 Å². The van der Waals surface area contributed by atoms with E-state index in [9.17, 15) is 37.2 Å². The molecule has 1 aromatic heterocycles. The second-order valence-corrected chi connectivity index (χ2v) is 17.1. The molecule has 6 rings (SSSR count). The maximum Gasteiger partial charge on any atom is 0.519 e. The van der Waals surface area contributed by atoms with Crippen molar-refractivity contribution in [1.29, 1.82) is 0 Å². The van der Waals surface area contributed by atoms with Gasteiger partial charge in [-0.3, -0.25) is 14.4 Å². The van der Waals surface area contributed by atoms with Gasteiger partial charge in [0.2, 0.25) is 17.7 Å². The smallest absolute Gasteiger partial charge is 0.456 e. The minimum Gasteiger partial charge on any atom is -0.456 e. The number of esters is 2. The Balaban J connectivity index is 1.08. The molecule has 0 spiro atoms. The van der Waals surface area contributed by atoms with Gasteiger partial charge in [0.1, 0.15) is 34.9 Å². The number of carbonyl (C=O) groups is 5. The number of hydrogen-bond donors (Lipinski definition) is 2. The molecule has 1 aromatic carbocycles. The van der Waals surface area contributed by atoms with E-state index >= 15 is 0 Å². The Morgan fingerprint density at radius 1 is 0.979 bits per heavy atom. The first-order valence-electron chi connectivity index (χ1n) is 14.6. The van der Waals surface area contributed by atoms with Gasteiger partial charge in [-0.25, -0.2) is 22.8 Å². The fourth-order valence-corrected chi connectivity index (χ4v) is 10.1. The van der Waals surface area contributed by atoms with Gasteiger partial charge in [0.25, 0.3) is 0 Å². The Morgan fingerprint density at radius 3 is 2.13 bits per heavy atom. The predicted molar refractivity (Wildman–Crippen MR) is 160 cm³/mol. The lowest BCUT2D eigenvalue weighted by atomic mass is 9.95. The molecule has 1 unspecified atom stereocenters. The number of β-lactam (4-membered cyclic amide) rings is 2. The van der Waals surface area contributed by atoms with Crippen molar-refractivity contribution in [2.75, 3.05) is 0 Å². The molecule has 5 heterocycles. The molecule has 4 aliphatic rings. The third-order valence-electron chi connectivity index (χ3n) is 9.02. The van der Waals surface area contributed by atoms with Crippen LogP contribution in [0, 0.1) is 0 Å². The Morgan fingerprint density at radius 2 is 1.55 bits per heavy atom. The normalized spacial score (nSPS) is 28.4. The molecule has 3 amide bonds. The number of rotatable bonds is 9. The number of hydrogen-bond acceptors (Lipinski definition) is 14. The van der Waals surface area contributed by atoms with Gasteiger partial charge in [-0.2, -0.15) is 0 Å². The van der Waals surface area contributed by atoms with Crippen LogP contribution >= 0.6 is 11.8 Å². The summed E-state index contributed by atoms with van der Waals surface area (Å²) in [4.78, 5) is 78.6. The SMILES string of the molecule is CC1(C)S[C@@H]2[C@H](NC(=O)C(N)c3ccccc3)C(=O)N2[C@H]1C(=O)OCc1oc(=O)oc1COC(=O)[C@@H]1N2C(=O)C[C@H]2S(=O)(=O)C1(C)C. The summed E-state index contributed by atoms with van der Waals surface area (Å²) in [5.74, 6) is -5.14. The Kier molecular flexibility index (Phi) is 7.83. The van der Waals surface area contributed by atoms with Gasteiger partial charge in [0.15, 0.2) is 34.6 Å². The highest BCUT2D eigenvalue weighted by atomic mass is 32.2. The van der Waals surface area contributed by atoms with Gasteiger partial charge in [-0.15, -0.1) is 11.8 Å². The largest absolute Gasteiger partial charge is 0.519 e. The van der Waals surface area contributed by atoms with E-state index in [1.165, 1.54) is 30.5 Å². The van der Waals surface area contributed by atoms with Crippen LogP contribution in [0.5, 0.6) is 0 Å². The van der Waals surface area contributed by atoms with E-state index in [2.05, 4.69) is 5.32 Å². The van der Waals surface area contributed by atoms with E-state index in [1.807, 2.05) is 0 Å². The standard InChI is InChI=1S/C29H32N4O12S2/c1-28(2)20(33-23(36)19(24(33)46-28)31-22(35)18(30)13-8-6-5-7-9-13)25(37)42-11-14-15(45-27(39)44-14)12-43-26(38)21-29(3,4)47(40,41)17-10-16(34)32(17)21/h5-9,17-21,24H,10-12,30H2,1-4H3,(H,31,35)/t17-,18?,19-,20+,21+,24-/m1/s1. The van der Waals surface area contributed by atoms with Gasteiger partial charge in [0, 0.05) is 4.75 Å². The molecule has 47 heavy (non-hydrogen) atoms. The maximum absolute atomic E-state index is 13.3. The molecule has 252 valence electrons. The van der Waals surface area contributed by atoms with Crippen molar-refractivity contribution in [3.05, 3.63) is 58.0 Å². The van der Waals surface area contributed by atoms with Crippen LogP contribution in [0.2, 0.25) is 0 Å². The highest BCUT2D eigenvalue weighted by Crippen LogP contribution is 2.51. The summed E-state index contributed by atoms with van der Waals surface area (Å²) in [6.45, 7) is 4.84. The monoisotopic (exact) mass is 692 g/mol. The second-order valence-electron chi connectivity index (χ2n) is 12.7. The van der Waals surface area contributed by atoms with Crippen LogP contribution in [-0.4, -0.2) is 86.2 Å². The minimum atomic E-state index is -3.85. The average molecular weight is 693 g/mol. The molecule has 0 radical (unpaired) electrons. The molecule has 6 atom stereocenters. The lowest BCUT2D eigenvalue weighted by molar-refractivity contribution is -0.165.